The van der Waals surface area contributed by atoms with Gasteiger partial charge in [-0.3, -0.25) is 0 Å². The Hall–Kier alpha value is -0.0400. The molecule has 1 nitrogen and oxygen atoms in total. The lowest BCUT2D eigenvalue weighted by Crippen LogP contribution is -2.58. The summed E-state index contributed by atoms with van der Waals surface area (Å²) in [4.78, 5) is 0. The van der Waals surface area contributed by atoms with Crippen LogP contribution in [-0.4, -0.2) is 30.7 Å². The second-order valence-electron chi connectivity index (χ2n) is 3.59. The molecule has 0 atom stereocenters. The molecule has 0 bridgehead atoms. The van der Waals surface area contributed by atoms with E-state index in [1.165, 1.54) is 49.9 Å². The zero-order chi connectivity index (χ0) is 7.45. The summed E-state index contributed by atoms with van der Waals surface area (Å²) in [6.45, 7) is 10.4. The molecule has 1 heterocycles. The van der Waals surface area contributed by atoms with E-state index in [-0.39, 0.29) is 0 Å². The van der Waals surface area contributed by atoms with Crippen LogP contribution in [0.4, 0.5) is 0 Å². The van der Waals surface area contributed by atoms with Gasteiger partial charge in [0, 0.05) is 6.42 Å². The van der Waals surface area contributed by atoms with E-state index < -0.39 is 0 Å². The second-order valence-corrected chi connectivity index (χ2v) is 3.59. The van der Waals surface area contributed by atoms with Crippen LogP contribution in [0.5, 0.6) is 0 Å². The Labute approximate surface area is 64.6 Å². The van der Waals surface area contributed by atoms with Crippen molar-refractivity contribution < 1.29 is 4.48 Å². The Morgan fingerprint density at radius 2 is 1.50 bits per heavy atom. The standard InChI is InChI=1S/C9H20N/c1-3-6-10(7-4-2)8-5-9-10/h3-9H2,1-2H3/q+1. The first-order valence-electron chi connectivity index (χ1n) is 4.68. The van der Waals surface area contributed by atoms with E-state index in [2.05, 4.69) is 13.8 Å². The minimum absolute atomic E-state index is 1.36. The normalized spacial score (nSPS) is 22.2. The van der Waals surface area contributed by atoms with Gasteiger partial charge in [0.05, 0.1) is 26.2 Å². The predicted octanol–water partition coefficient (Wildman–Crippen LogP) is 2.03. The van der Waals surface area contributed by atoms with E-state index in [0.717, 1.165) is 0 Å². The van der Waals surface area contributed by atoms with Crippen molar-refractivity contribution >= 4 is 0 Å². The molecule has 1 saturated heterocycles. The smallest absolute Gasteiger partial charge is 0.0841 e. The third-order valence-corrected chi connectivity index (χ3v) is 2.66. The molecule has 0 spiro atoms. The first-order chi connectivity index (χ1) is 4.83. The molecule has 1 aliphatic heterocycles. The summed E-state index contributed by atoms with van der Waals surface area (Å²) in [5.74, 6) is 0. The number of hydrogen-bond acceptors (Lipinski definition) is 0. The Kier molecular flexibility index (Phi) is 2.72. The van der Waals surface area contributed by atoms with Gasteiger partial charge in [0.25, 0.3) is 0 Å². The molecule has 1 fully saturated rings. The average Bonchev–Trinajstić information content (AvgIpc) is 1.84. The highest BCUT2D eigenvalue weighted by Gasteiger charge is 2.32. The highest BCUT2D eigenvalue weighted by molar-refractivity contribution is 4.54. The lowest BCUT2D eigenvalue weighted by molar-refractivity contribution is -0.963. The number of quaternary nitrogens is 1. The highest BCUT2D eigenvalue weighted by atomic mass is 15.4. The zero-order valence-corrected chi connectivity index (χ0v) is 7.40. The van der Waals surface area contributed by atoms with Crippen LogP contribution in [0.1, 0.15) is 33.1 Å². The van der Waals surface area contributed by atoms with Crippen molar-refractivity contribution in [3.63, 3.8) is 0 Å². The Bertz CT molecular complexity index is 86.9. The average molecular weight is 142 g/mol. The number of hydrogen-bond donors (Lipinski definition) is 0. The maximum absolute atomic E-state index is 2.30. The summed E-state index contributed by atoms with van der Waals surface area (Å²) < 4.78 is 1.44. The highest BCUT2D eigenvalue weighted by Crippen LogP contribution is 2.20. The van der Waals surface area contributed by atoms with Gasteiger partial charge >= 0.3 is 0 Å². The van der Waals surface area contributed by atoms with E-state index in [1.54, 1.807) is 0 Å². The van der Waals surface area contributed by atoms with Crippen molar-refractivity contribution in [1.82, 2.24) is 0 Å². The van der Waals surface area contributed by atoms with Crippen molar-refractivity contribution in [3.05, 3.63) is 0 Å². The molecule has 0 amide bonds. The quantitative estimate of drug-likeness (QED) is 0.527. The SMILES string of the molecule is CCC[N+]1(CCC)CCC1. The fraction of sp³-hybridized carbons (Fsp3) is 1.00. The van der Waals surface area contributed by atoms with Gasteiger partial charge in [0.15, 0.2) is 0 Å². The molecule has 0 unspecified atom stereocenters. The van der Waals surface area contributed by atoms with Gasteiger partial charge in [0.2, 0.25) is 0 Å². The van der Waals surface area contributed by atoms with Gasteiger partial charge in [0.1, 0.15) is 0 Å². The first-order valence-corrected chi connectivity index (χ1v) is 4.68. The summed E-state index contributed by atoms with van der Waals surface area (Å²) in [6, 6.07) is 0. The van der Waals surface area contributed by atoms with E-state index >= 15 is 0 Å². The van der Waals surface area contributed by atoms with E-state index in [0.29, 0.717) is 0 Å². The van der Waals surface area contributed by atoms with Crippen molar-refractivity contribution in [2.24, 2.45) is 0 Å². The van der Waals surface area contributed by atoms with Crippen LogP contribution in [0.25, 0.3) is 0 Å². The van der Waals surface area contributed by atoms with Crippen molar-refractivity contribution in [2.75, 3.05) is 26.2 Å². The molecule has 0 radical (unpaired) electrons. The second kappa shape index (κ2) is 3.38. The van der Waals surface area contributed by atoms with Crippen LogP contribution < -0.4 is 0 Å². The van der Waals surface area contributed by atoms with Crippen molar-refractivity contribution in [1.29, 1.82) is 0 Å². The first kappa shape index (κ1) is 8.06. The third-order valence-electron chi connectivity index (χ3n) is 2.66. The lowest BCUT2D eigenvalue weighted by atomic mass is 10.1. The van der Waals surface area contributed by atoms with Gasteiger partial charge in [-0.25, -0.2) is 0 Å². The topological polar surface area (TPSA) is 0 Å². The molecule has 60 valence electrons. The lowest BCUT2D eigenvalue weighted by Gasteiger charge is -2.45. The van der Waals surface area contributed by atoms with E-state index in [4.69, 9.17) is 0 Å². The van der Waals surface area contributed by atoms with Crippen LogP contribution in [0.2, 0.25) is 0 Å². The van der Waals surface area contributed by atoms with Crippen LogP contribution >= 0.6 is 0 Å². The maximum Gasteiger partial charge on any atom is 0.0841 e. The summed E-state index contributed by atoms with van der Waals surface area (Å²) in [5, 5.41) is 0. The number of likely N-dealkylation sites (tertiary alicyclic amines) is 1. The van der Waals surface area contributed by atoms with Gasteiger partial charge < -0.3 is 4.48 Å². The molecule has 10 heavy (non-hydrogen) atoms. The van der Waals surface area contributed by atoms with Crippen molar-refractivity contribution in [3.8, 4) is 0 Å². The van der Waals surface area contributed by atoms with Crippen LogP contribution in [0, 0.1) is 0 Å². The van der Waals surface area contributed by atoms with Crippen LogP contribution in [-0.2, 0) is 0 Å². The summed E-state index contributed by atoms with van der Waals surface area (Å²) in [6.07, 6.45) is 4.19. The molecule has 0 aromatic carbocycles. The van der Waals surface area contributed by atoms with Crippen LogP contribution in [0.3, 0.4) is 0 Å². The third kappa shape index (κ3) is 1.51. The molecule has 0 saturated carbocycles. The number of rotatable bonds is 4. The Morgan fingerprint density at radius 1 is 1.00 bits per heavy atom. The summed E-state index contributed by atoms with van der Waals surface area (Å²) >= 11 is 0. The molecule has 0 aromatic rings. The van der Waals surface area contributed by atoms with Crippen LogP contribution in [0.15, 0.2) is 0 Å². The largest absolute Gasteiger partial charge is 0.323 e. The molecule has 1 heteroatoms. The maximum atomic E-state index is 2.30. The fourth-order valence-electron chi connectivity index (χ4n) is 2.11. The summed E-state index contributed by atoms with van der Waals surface area (Å²) in [7, 11) is 0. The zero-order valence-electron chi connectivity index (χ0n) is 7.40. The molecule has 0 N–H and O–H groups in total. The van der Waals surface area contributed by atoms with Gasteiger partial charge in [-0.15, -0.1) is 0 Å². The molecular formula is C9H20N+. The predicted molar refractivity (Wildman–Crippen MR) is 44.9 cm³/mol. The molecule has 1 aliphatic rings. The number of nitrogens with zero attached hydrogens (tertiary/aromatic N) is 1. The van der Waals surface area contributed by atoms with E-state index in [1.807, 2.05) is 0 Å². The minimum atomic E-state index is 1.36. The van der Waals surface area contributed by atoms with Crippen molar-refractivity contribution in [2.45, 2.75) is 33.1 Å². The monoisotopic (exact) mass is 142 g/mol. The fourth-order valence-corrected chi connectivity index (χ4v) is 2.11. The van der Waals surface area contributed by atoms with E-state index in [9.17, 15) is 0 Å². The Balaban J connectivity index is 2.27. The Morgan fingerprint density at radius 3 is 1.70 bits per heavy atom. The summed E-state index contributed by atoms with van der Waals surface area (Å²) in [5.41, 5.74) is 0. The van der Waals surface area contributed by atoms with Gasteiger partial charge in [-0.05, 0) is 12.8 Å². The molecule has 1 rings (SSSR count). The molecule has 0 aromatic heterocycles. The van der Waals surface area contributed by atoms with Gasteiger partial charge in [-0.1, -0.05) is 13.8 Å². The molecular weight excluding hydrogens is 122 g/mol. The van der Waals surface area contributed by atoms with Gasteiger partial charge in [-0.2, -0.15) is 0 Å². The minimum Gasteiger partial charge on any atom is -0.323 e. The molecule has 0 aliphatic carbocycles.